The van der Waals surface area contributed by atoms with Crippen LogP contribution in [0.3, 0.4) is 0 Å². The van der Waals surface area contributed by atoms with Crippen LogP contribution in [-0.4, -0.2) is 23.6 Å². The van der Waals surface area contributed by atoms with Crippen molar-refractivity contribution in [1.82, 2.24) is 15.3 Å². The average molecular weight is 284 g/mol. The van der Waals surface area contributed by atoms with Gasteiger partial charge in [-0.15, -0.1) is 0 Å². The van der Waals surface area contributed by atoms with E-state index in [0.717, 1.165) is 36.8 Å². The number of aromatic nitrogens is 2. The molecule has 0 amide bonds. The van der Waals surface area contributed by atoms with E-state index in [4.69, 9.17) is 4.98 Å². The van der Waals surface area contributed by atoms with Crippen molar-refractivity contribution in [3.8, 4) is 0 Å². The molecule has 0 spiro atoms. The minimum Gasteiger partial charge on any atom is -0.353 e. The smallest absolute Gasteiger partial charge is 0.133 e. The Morgan fingerprint density at radius 1 is 1.24 bits per heavy atom. The number of nitrogens with zero attached hydrogens (tertiary/aromatic N) is 3. The predicted octanol–water partition coefficient (Wildman–Crippen LogP) is 2.84. The van der Waals surface area contributed by atoms with Crippen LogP contribution in [0.1, 0.15) is 29.4 Å². The van der Waals surface area contributed by atoms with Gasteiger partial charge in [-0.05, 0) is 44.2 Å². The quantitative estimate of drug-likeness (QED) is 0.885. The van der Waals surface area contributed by atoms with Crippen LogP contribution in [0.5, 0.6) is 0 Å². The molecule has 0 aromatic carbocycles. The molecule has 2 heterocycles. The average Bonchev–Trinajstić information content (AvgIpc) is 2.46. The predicted molar refractivity (Wildman–Crippen MR) is 87.4 cm³/mol. The third kappa shape index (κ3) is 4.02. The summed E-state index contributed by atoms with van der Waals surface area (Å²) in [7, 11) is 2.07. The fraction of sp³-hybridized carbons (Fsp3) is 0.412. The lowest BCUT2D eigenvalue weighted by Gasteiger charge is -2.23. The van der Waals surface area contributed by atoms with Crippen molar-refractivity contribution in [2.75, 3.05) is 18.5 Å². The molecule has 2 aromatic rings. The van der Waals surface area contributed by atoms with Crippen LogP contribution in [0, 0.1) is 13.8 Å². The van der Waals surface area contributed by atoms with E-state index >= 15 is 0 Å². The maximum atomic E-state index is 4.74. The standard InChI is InChI=1S/C17H24N4/c1-5-18-11-16-13(2)10-14(3)20-17(16)21(4)12-15-8-6-7-9-19-15/h6-10,18H,5,11-12H2,1-4H3. The maximum absolute atomic E-state index is 4.74. The summed E-state index contributed by atoms with van der Waals surface area (Å²) in [6.07, 6.45) is 1.83. The van der Waals surface area contributed by atoms with Crippen molar-refractivity contribution < 1.29 is 0 Å². The maximum Gasteiger partial charge on any atom is 0.133 e. The summed E-state index contributed by atoms with van der Waals surface area (Å²) < 4.78 is 0. The molecule has 0 aliphatic rings. The molecule has 4 heteroatoms. The first-order valence-electron chi connectivity index (χ1n) is 7.40. The molecule has 4 nitrogen and oxygen atoms in total. The molecule has 0 radical (unpaired) electrons. The topological polar surface area (TPSA) is 41.1 Å². The second-order valence-corrected chi connectivity index (χ2v) is 5.34. The molecule has 0 bridgehead atoms. The van der Waals surface area contributed by atoms with E-state index in [0.29, 0.717) is 0 Å². The van der Waals surface area contributed by atoms with Gasteiger partial charge in [-0.1, -0.05) is 13.0 Å². The van der Waals surface area contributed by atoms with Crippen LogP contribution in [0.25, 0.3) is 0 Å². The normalized spacial score (nSPS) is 10.7. The molecule has 0 saturated carbocycles. The monoisotopic (exact) mass is 284 g/mol. The van der Waals surface area contributed by atoms with Crippen molar-refractivity contribution >= 4 is 5.82 Å². The second kappa shape index (κ2) is 7.18. The lowest BCUT2D eigenvalue weighted by molar-refractivity contribution is 0.713. The molecule has 0 unspecified atom stereocenters. The molecule has 0 saturated heterocycles. The Labute approximate surface area is 127 Å². The Morgan fingerprint density at radius 2 is 2.05 bits per heavy atom. The fourth-order valence-corrected chi connectivity index (χ4v) is 2.44. The van der Waals surface area contributed by atoms with Crippen molar-refractivity contribution in [1.29, 1.82) is 0 Å². The molecule has 0 atom stereocenters. The Bertz CT molecular complexity index is 581. The van der Waals surface area contributed by atoms with E-state index in [2.05, 4.69) is 42.2 Å². The Balaban J connectivity index is 2.28. The van der Waals surface area contributed by atoms with Crippen LogP contribution in [-0.2, 0) is 13.1 Å². The van der Waals surface area contributed by atoms with Gasteiger partial charge in [0.2, 0.25) is 0 Å². The number of hydrogen-bond donors (Lipinski definition) is 1. The summed E-state index contributed by atoms with van der Waals surface area (Å²) in [6.45, 7) is 8.87. The number of nitrogens with one attached hydrogen (secondary N) is 1. The molecule has 112 valence electrons. The van der Waals surface area contributed by atoms with Crippen LogP contribution < -0.4 is 10.2 Å². The third-order valence-corrected chi connectivity index (χ3v) is 3.49. The summed E-state index contributed by atoms with van der Waals surface area (Å²) in [5.74, 6) is 1.04. The zero-order chi connectivity index (χ0) is 15.2. The summed E-state index contributed by atoms with van der Waals surface area (Å²) >= 11 is 0. The van der Waals surface area contributed by atoms with Gasteiger partial charge < -0.3 is 10.2 Å². The summed E-state index contributed by atoms with van der Waals surface area (Å²) in [5.41, 5.74) is 4.65. The molecule has 21 heavy (non-hydrogen) atoms. The van der Waals surface area contributed by atoms with Crippen molar-refractivity contribution in [2.24, 2.45) is 0 Å². The van der Waals surface area contributed by atoms with Gasteiger partial charge in [0.1, 0.15) is 5.82 Å². The van der Waals surface area contributed by atoms with E-state index in [1.807, 2.05) is 31.3 Å². The first-order chi connectivity index (χ1) is 10.1. The van der Waals surface area contributed by atoms with Gasteiger partial charge in [-0.2, -0.15) is 0 Å². The molecule has 2 rings (SSSR count). The largest absolute Gasteiger partial charge is 0.353 e. The second-order valence-electron chi connectivity index (χ2n) is 5.34. The summed E-state index contributed by atoms with van der Waals surface area (Å²) in [5, 5.41) is 3.40. The van der Waals surface area contributed by atoms with Gasteiger partial charge in [-0.3, -0.25) is 4.98 Å². The zero-order valence-corrected chi connectivity index (χ0v) is 13.3. The lowest BCUT2D eigenvalue weighted by Crippen LogP contribution is -2.23. The highest BCUT2D eigenvalue weighted by Crippen LogP contribution is 2.22. The zero-order valence-electron chi connectivity index (χ0n) is 13.3. The third-order valence-electron chi connectivity index (χ3n) is 3.49. The number of pyridine rings is 2. The molecule has 2 aromatic heterocycles. The summed E-state index contributed by atoms with van der Waals surface area (Å²) in [6, 6.07) is 8.15. The van der Waals surface area contributed by atoms with E-state index in [9.17, 15) is 0 Å². The Kier molecular flexibility index (Phi) is 5.28. The minimum absolute atomic E-state index is 0.760. The van der Waals surface area contributed by atoms with E-state index < -0.39 is 0 Å². The van der Waals surface area contributed by atoms with Gasteiger partial charge >= 0.3 is 0 Å². The first kappa shape index (κ1) is 15.4. The Morgan fingerprint density at radius 3 is 2.71 bits per heavy atom. The fourth-order valence-electron chi connectivity index (χ4n) is 2.44. The Hall–Kier alpha value is -1.94. The molecular weight excluding hydrogens is 260 g/mol. The number of aryl methyl sites for hydroxylation is 2. The van der Waals surface area contributed by atoms with Gasteiger partial charge in [0.25, 0.3) is 0 Å². The van der Waals surface area contributed by atoms with Gasteiger partial charge in [0.05, 0.1) is 12.2 Å². The van der Waals surface area contributed by atoms with Crippen LogP contribution >= 0.6 is 0 Å². The molecular formula is C17H24N4. The van der Waals surface area contributed by atoms with E-state index in [1.54, 1.807) is 0 Å². The van der Waals surface area contributed by atoms with Crippen LogP contribution in [0.4, 0.5) is 5.82 Å². The van der Waals surface area contributed by atoms with Gasteiger partial charge in [0, 0.05) is 31.0 Å². The first-order valence-corrected chi connectivity index (χ1v) is 7.40. The molecule has 0 aliphatic carbocycles. The number of anilines is 1. The lowest BCUT2D eigenvalue weighted by atomic mass is 10.1. The highest BCUT2D eigenvalue weighted by Gasteiger charge is 2.13. The number of hydrogen-bond acceptors (Lipinski definition) is 4. The van der Waals surface area contributed by atoms with Crippen molar-refractivity contribution in [3.63, 3.8) is 0 Å². The molecule has 1 N–H and O–H groups in total. The highest BCUT2D eigenvalue weighted by molar-refractivity contribution is 5.51. The SMILES string of the molecule is CCNCc1c(C)cc(C)nc1N(C)Cc1ccccn1. The van der Waals surface area contributed by atoms with Crippen LogP contribution in [0.2, 0.25) is 0 Å². The summed E-state index contributed by atoms with van der Waals surface area (Å²) in [4.78, 5) is 11.3. The van der Waals surface area contributed by atoms with Crippen LogP contribution in [0.15, 0.2) is 30.5 Å². The van der Waals surface area contributed by atoms with Crippen molar-refractivity contribution in [3.05, 3.63) is 53.0 Å². The van der Waals surface area contributed by atoms with Crippen molar-refractivity contribution in [2.45, 2.75) is 33.9 Å². The molecule has 0 aliphatic heterocycles. The van der Waals surface area contributed by atoms with Gasteiger partial charge in [-0.25, -0.2) is 4.98 Å². The number of rotatable bonds is 6. The minimum atomic E-state index is 0.760. The van der Waals surface area contributed by atoms with E-state index in [-0.39, 0.29) is 0 Å². The highest BCUT2D eigenvalue weighted by atomic mass is 15.2. The van der Waals surface area contributed by atoms with E-state index in [1.165, 1.54) is 11.1 Å². The van der Waals surface area contributed by atoms with Gasteiger partial charge in [0.15, 0.2) is 0 Å². The molecule has 0 fully saturated rings.